The van der Waals surface area contributed by atoms with E-state index in [9.17, 15) is 0 Å². The topological polar surface area (TPSA) is 3.24 Å². The van der Waals surface area contributed by atoms with Gasteiger partial charge in [-0.15, -0.1) is 11.3 Å². The second kappa shape index (κ2) is 12.8. The van der Waals surface area contributed by atoms with Crippen molar-refractivity contribution in [3.05, 3.63) is 199 Å². The molecule has 1 aliphatic carbocycles. The minimum atomic E-state index is 1.07. The van der Waals surface area contributed by atoms with E-state index in [2.05, 4.69) is 193 Å². The van der Waals surface area contributed by atoms with Gasteiger partial charge >= 0.3 is 0 Å². The SMILES string of the molecule is c1ccc(-c2ccc(-c3ccc(N(c4ccccc4)c4cc5sc6ccccc6c5cc4-c4ccc5c(c4)-c4ccccc4CC5)cc3)cc2)cc1. The number of nitrogens with zero attached hydrogens (tertiary/aromatic N) is 1. The Balaban J connectivity index is 1.14. The van der Waals surface area contributed by atoms with E-state index in [4.69, 9.17) is 0 Å². The summed E-state index contributed by atoms with van der Waals surface area (Å²) < 4.78 is 2.60. The molecule has 0 fully saturated rings. The molecule has 0 saturated heterocycles. The molecule has 8 aromatic carbocycles. The Morgan fingerprint density at radius 1 is 0.346 bits per heavy atom. The Labute approximate surface area is 308 Å². The standard InChI is InChI=1S/C50H35NS/c1-3-11-34(12-4-1)35-19-21-36(22-20-35)37-27-29-42(30-28-37)51(41-14-5-2-6-15-41)48-33-50-47(44-17-9-10-18-49(44)52-50)32-46(48)40-26-25-39-24-23-38-13-7-8-16-43(38)45(39)31-40/h1-22,25-33H,23-24H2. The van der Waals surface area contributed by atoms with Gasteiger partial charge in [0.25, 0.3) is 0 Å². The summed E-state index contributed by atoms with van der Waals surface area (Å²) in [6.07, 6.45) is 2.17. The van der Waals surface area contributed by atoms with Crippen molar-refractivity contribution in [1.82, 2.24) is 0 Å². The lowest BCUT2D eigenvalue weighted by atomic mass is 9.84. The number of anilines is 3. The molecule has 0 N–H and O–H groups in total. The van der Waals surface area contributed by atoms with E-state index in [1.807, 2.05) is 11.3 Å². The predicted molar refractivity (Wildman–Crippen MR) is 223 cm³/mol. The van der Waals surface area contributed by atoms with E-state index >= 15 is 0 Å². The van der Waals surface area contributed by atoms with Crippen LogP contribution in [0.5, 0.6) is 0 Å². The zero-order valence-corrected chi connectivity index (χ0v) is 29.5. The van der Waals surface area contributed by atoms with Gasteiger partial charge in [0.15, 0.2) is 0 Å². The van der Waals surface area contributed by atoms with Gasteiger partial charge in [0, 0.05) is 37.1 Å². The summed E-state index contributed by atoms with van der Waals surface area (Å²) in [6, 6.07) is 69.1. The summed E-state index contributed by atoms with van der Waals surface area (Å²) in [5.41, 5.74) is 16.3. The van der Waals surface area contributed by atoms with Gasteiger partial charge in [-0.2, -0.15) is 0 Å². The molecule has 0 atom stereocenters. The highest BCUT2D eigenvalue weighted by Gasteiger charge is 2.22. The molecule has 0 bridgehead atoms. The van der Waals surface area contributed by atoms with E-state index in [-0.39, 0.29) is 0 Å². The Kier molecular flexibility index (Phi) is 7.55. The van der Waals surface area contributed by atoms with Crippen molar-refractivity contribution >= 4 is 48.6 Å². The molecular formula is C50H35NS. The van der Waals surface area contributed by atoms with Crippen molar-refractivity contribution in [3.63, 3.8) is 0 Å². The Morgan fingerprint density at radius 2 is 0.904 bits per heavy atom. The van der Waals surface area contributed by atoms with E-state index < -0.39 is 0 Å². The molecule has 0 spiro atoms. The normalized spacial score (nSPS) is 12.1. The molecule has 9 aromatic rings. The lowest BCUT2D eigenvalue weighted by Gasteiger charge is -2.29. The molecule has 0 unspecified atom stereocenters. The lowest BCUT2D eigenvalue weighted by Crippen LogP contribution is -2.11. The second-order valence-corrected chi connectivity index (χ2v) is 14.7. The van der Waals surface area contributed by atoms with Crippen LogP contribution in [0.15, 0.2) is 188 Å². The first kappa shape index (κ1) is 30.6. The Hall–Kier alpha value is -6.22. The summed E-state index contributed by atoms with van der Waals surface area (Å²) in [7, 11) is 0. The van der Waals surface area contributed by atoms with Crippen LogP contribution < -0.4 is 4.90 Å². The van der Waals surface area contributed by atoms with Crippen LogP contribution in [0, 0.1) is 0 Å². The fraction of sp³-hybridized carbons (Fsp3) is 0.0400. The number of aryl methyl sites for hydroxylation is 2. The third-order valence-electron chi connectivity index (χ3n) is 10.6. The molecule has 1 nitrogen and oxygen atoms in total. The number of hydrogen-bond donors (Lipinski definition) is 0. The number of para-hydroxylation sites is 1. The quantitative estimate of drug-likeness (QED) is 0.169. The number of hydrogen-bond acceptors (Lipinski definition) is 2. The van der Waals surface area contributed by atoms with Crippen molar-refractivity contribution in [2.24, 2.45) is 0 Å². The van der Waals surface area contributed by atoms with E-state index in [1.165, 1.54) is 81.5 Å². The van der Waals surface area contributed by atoms with Crippen molar-refractivity contribution in [3.8, 4) is 44.5 Å². The van der Waals surface area contributed by atoms with Gasteiger partial charge < -0.3 is 4.90 Å². The second-order valence-electron chi connectivity index (χ2n) is 13.7. The van der Waals surface area contributed by atoms with E-state index in [0.29, 0.717) is 0 Å². The van der Waals surface area contributed by atoms with Crippen LogP contribution in [0.2, 0.25) is 0 Å². The smallest absolute Gasteiger partial charge is 0.0554 e. The van der Waals surface area contributed by atoms with Crippen LogP contribution in [0.3, 0.4) is 0 Å². The maximum absolute atomic E-state index is 2.44. The maximum Gasteiger partial charge on any atom is 0.0554 e. The predicted octanol–water partition coefficient (Wildman–Crippen LogP) is 14.3. The van der Waals surface area contributed by atoms with E-state index in [0.717, 1.165) is 24.2 Å². The van der Waals surface area contributed by atoms with Gasteiger partial charge in [0.1, 0.15) is 0 Å². The fourth-order valence-corrected chi connectivity index (χ4v) is 9.07. The highest BCUT2D eigenvalue weighted by atomic mass is 32.1. The van der Waals surface area contributed by atoms with Gasteiger partial charge in [-0.3, -0.25) is 0 Å². The van der Waals surface area contributed by atoms with Crippen LogP contribution in [-0.4, -0.2) is 0 Å². The zero-order chi connectivity index (χ0) is 34.4. The molecular weight excluding hydrogens is 647 g/mol. The van der Waals surface area contributed by atoms with Crippen molar-refractivity contribution in [1.29, 1.82) is 0 Å². The summed E-state index contributed by atoms with van der Waals surface area (Å²) in [5.74, 6) is 0. The summed E-state index contributed by atoms with van der Waals surface area (Å²) >= 11 is 1.87. The van der Waals surface area contributed by atoms with Gasteiger partial charge in [0.05, 0.1) is 5.69 Å². The van der Waals surface area contributed by atoms with Gasteiger partial charge in [-0.1, -0.05) is 140 Å². The van der Waals surface area contributed by atoms with Gasteiger partial charge in [-0.25, -0.2) is 0 Å². The molecule has 0 radical (unpaired) electrons. The number of rotatable bonds is 6. The van der Waals surface area contributed by atoms with Crippen LogP contribution in [0.25, 0.3) is 64.7 Å². The minimum absolute atomic E-state index is 1.07. The van der Waals surface area contributed by atoms with Crippen LogP contribution in [-0.2, 0) is 12.8 Å². The largest absolute Gasteiger partial charge is 0.310 e. The average molecular weight is 682 g/mol. The molecule has 0 aliphatic heterocycles. The fourth-order valence-electron chi connectivity index (χ4n) is 7.95. The summed E-state index contributed by atoms with van der Waals surface area (Å²) in [4.78, 5) is 2.44. The molecule has 52 heavy (non-hydrogen) atoms. The van der Waals surface area contributed by atoms with Crippen molar-refractivity contribution in [2.45, 2.75) is 12.8 Å². The highest BCUT2D eigenvalue weighted by molar-refractivity contribution is 7.25. The number of fused-ring (bicyclic) bond motifs is 6. The molecule has 2 heteroatoms. The first-order valence-corrected chi connectivity index (χ1v) is 18.9. The van der Waals surface area contributed by atoms with Crippen molar-refractivity contribution in [2.75, 3.05) is 4.90 Å². The molecule has 0 amide bonds. The number of thiophene rings is 1. The molecule has 1 aromatic heterocycles. The van der Waals surface area contributed by atoms with E-state index in [1.54, 1.807) is 0 Å². The zero-order valence-electron chi connectivity index (χ0n) is 28.7. The van der Waals surface area contributed by atoms with Crippen LogP contribution in [0.1, 0.15) is 11.1 Å². The third kappa shape index (κ3) is 5.40. The molecule has 1 aliphatic rings. The monoisotopic (exact) mass is 681 g/mol. The first-order valence-electron chi connectivity index (χ1n) is 18.0. The van der Waals surface area contributed by atoms with Crippen LogP contribution in [0.4, 0.5) is 17.1 Å². The highest BCUT2D eigenvalue weighted by Crippen LogP contribution is 2.47. The van der Waals surface area contributed by atoms with Gasteiger partial charge in [-0.05, 0) is 111 Å². The average Bonchev–Trinajstić information content (AvgIpc) is 3.59. The minimum Gasteiger partial charge on any atom is -0.310 e. The lowest BCUT2D eigenvalue weighted by molar-refractivity contribution is 0.942. The summed E-state index contributed by atoms with van der Waals surface area (Å²) in [6.45, 7) is 0. The Bertz CT molecular complexity index is 2710. The molecule has 10 rings (SSSR count). The maximum atomic E-state index is 2.44. The Morgan fingerprint density at radius 3 is 1.65 bits per heavy atom. The summed E-state index contributed by atoms with van der Waals surface area (Å²) in [5, 5.41) is 2.62. The van der Waals surface area contributed by atoms with Gasteiger partial charge in [0.2, 0.25) is 0 Å². The third-order valence-corrected chi connectivity index (χ3v) is 11.7. The first-order chi connectivity index (χ1) is 25.8. The molecule has 1 heterocycles. The molecule has 0 saturated carbocycles. The molecule has 246 valence electrons. The van der Waals surface area contributed by atoms with Crippen LogP contribution >= 0.6 is 11.3 Å². The number of benzene rings is 8. The van der Waals surface area contributed by atoms with Crippen molar-refractivity contribution < 1.29 is 0 Å².